The Hall–Kier alpha value is -3.67. The van der Waals surface area contributed by atoms with Gasteiger partial charge in [-0.3, -0.25) is 14.6 Å². The zero-order valence-corrected chi connectivity index (χ0v) is 15.5. The lowest BCUT2D eigenvalue weighted by Crippen LogP contribution is -2.24. The number of rotatable bonds is 7. The Bertz CT molecular complexity index is 941. The predicted octanol–water partition coefficient (Wildman–Crippen LogP) is 3.20. The summed E-state index contributed by atoms with van der Waals surface area (Å²) in [6.45, 7) is 0.298. The molecule has 2 amide bonds. The number of pyridine rings is 1. The first-order chi connectivity index (χ1) is 13.7. The molecule has 2 N–H and O–H groups in total. The topological polar surface area (TPSA) is 80.3 Å². The summed E-state index contributed by atoms with van der Waals surface area (Å²) in [6.07, 6.45) is 3.38. The maximum atomic E-state index is 12.4. The zero-order chi connectivity index (χ0) is 19.8. The third-order valence-corrected chi connectivity index (χ3v) is 4.18. The van der Waals surface area contributed by atoms with Crippen molar-refractivity contribution < 1.29 is 14.3 Å². The number of hydrogen-bond acceptors (Lipinski definition) is 4. The van der Waals surface area contributed by atoms with Gasteiger partial charge in [-0.15, -0.1) is 0 Å². The van der Waals surface area contributed by atoms with Gasteiger partial charge in [-0.05, 0) is 41.5 Å². The van der Waals surface area contributed by atoms with Crippen LogP contribution >= 0.6 is 0 Å². The molecule has 0 bridgehead atoms. The molecule has 142 valence electrons. The van der Waals surface area contributed by atoms with Crippen molar-refractivity contribution in [3.05, 3.63) is 89.7 Å². The van der Waals surface area contributed by atoms with Gasteiger partial charge < -0.3 is 15.4 Å². The first-order valence-corrected chi connectivity index (χ1v) is 8.84. The quantitative estimate of drug-likeness (QED) is 0.665. The Balaban J connectivity index is 1.61. The van der Waals surface area contributed by atoms with Crippen LogP contribution in [-0.4, -0.2) is 23.9 Å². The molecular weight excluding hydrogens is 354 g/mol. The van der Waals surface area contributed by atoms with E-state index >= 15 is 0 Å². The second kappa shape index (κ2) is 9.32. The van der Waals surface area contributed by atoms with Crippen LogP contribution in [0, 0.1) is 0 Å². The van der Waals surface area contributed by atoms with E-state index in [1.807, 2.05) is 48.5 Å². The smallest absolute Gasteiger partial charge is 0.253 e. The van der Waals surface area contributed by atoms with Crippen LogP contribution in [0.2, 0.25) is 0 Å². The first-order valence-electron chi connectivity index (χ1n) is 8.84. The molecule has 6 nitrogen and oxygen atoms in total. The fraction of sp³-hybridized carbons (Fsp3) is 0.136. The molecule has 1 aromatic heterocycles. The van der Waals surface area contributed by atoms with Gasteiger partial charge in [0.25, 0.3) is 5.91 Å². The molecule has 2 aromatic carbocycles. The highest BCUT2D eigenvalue weighted by atomic mass is 16.5. The Kier molecular flexibility index (Phi) is 6.36. The van der Waals surface area contributed by atoms with Crippen molar-refractivity contribution in [2.45, 2.75) is 13.0 Å². The first kappa shape index (κ1) is 19.1. The number of para-hydroxylation sites is 1. The van der Waals surface area contributed by atoms with E-state index in [4.69, 9.17) is 4.74 Å². The summed E-state index contributed by atoms with van der Waals surface area (Å²) in [4.78, 5) is 28.5. The standard InChI is InChI=1S/C22H21N3O3/c1-28-19-10-8-16(9-11-19)13-21(26)25-20-7-3-2-5-17(20)15-24-22(27)18-6-4-12-23-14-18/h2-12,14H,13,15H2,1H3,(H,24,27)(H,25,26). The number of amides is 2. The Labute approximate surface area is 163 Å². The van der Waals surface area contributed by atoms with Crippen LogP contribution in [0.15, 0.2) is 73.1 Å². The van der Waals surface area contributed by atoms with Gasteiger partial charge in [0.05, 0.1) is 19.1 Å². The van der Waals surface area contributed by atoms with Crippen LogP contribution in [0.25, 0.3) is 0 Å². The Morgan fingerprint density at radius 1 is 1.00 bits per heavy atom. The molecule has 0 saturated heterocycles. The maximum Gasteiger partial charge on any atom is 0.253 e. The van der Waals surface area contributed by atoms with Crippen molar-refractivity contribution >= 4 is 17.5 Å². The van der Waals surface area contributed by atoms with Crippen molar-refractivity contribution in [1.82, 2.24) is 10.3 Å². The van der Waals surface area contributed by atoms with Crippen LogP contribution in [-0.2, 0) is 17.8 Å². The van der Waals surface area contributed by atoms with Crippen molar-refractivity contribution in [3.8, 4) is 5.75 Å². The number of ether oxygens (including phenoxy) is 1. The van der Waals surface area contributed by atoms with Gasteiger partial charge in [-0.2, -0.15) is 0 Å². The number of aromatic nitrogens is 1. The van der Waals surface area contributed by atoms with E-state index in [-0.39, 0.29) is 18.2 Å². The summed E-state index contributed by atoms with van der Waals surface area (Å²) < 4.78 is 5.12. The molecule has 0 aliphatic carbocycles. The number of hydrogen-bond donors (Lipinski definition) is 2. The van der Waals surface area contributed by atoms with Gasteiger partial charge in [-0.1, -0.05) is 30.3 Å². The van der Waals surface area contributed by atoms with Crippen molar-refractivity contribution in [2.75, 3.05) is 12.4 Å². The van der Waals surface area contributed by atoms with Gasteiger partial charge in [0, 0.05) is 24.6 Å². The summed E-state index contributed by atoms with van der Waals surface area (Å²) in [5.41, 5.74) is 2.87. The number of nitrogens with zero attached hydrogens (tertiary/aromatic N) is 1. The molecule has 0 saturated carbocycles. The molecule has 0 aliphatic rings. The van der Waals surface area contributed by atoms with Gasteiger partial charge in [0.15, 0.2) is 0 Å². The zero-order valence-electron chi connectivity index (χ0n) is 15.5. The minimum Gasteiger partial charge on any atom is -0.497 e. The minimum absolute atomic E-state index is 0.129. The summed E-state index contributed by atoms with van der Waals surface area (Å²) >= 11 is 0. The van der Waals surface area contributed by atoms with E-state index in [1.165, 1.54) is 6.20 Å². The molecule has 0 atom stereocenters. The second-order valence-corrected chi connectivity index (χ2v) is 6.15. The monoisotopic (exact) mass is 375 g/mol. The van der Waals surface area contributed by atoms with Crippen LogP contribution in [0.4, 0.5) is 5.69 Å². The van der Waals surface area contributed by atoms with E-state index in [0.29, 0.717) is 17.8 Å². The predicted molar refractivity (Wildman–Crippen MR) is 107 cm³/mol. The normalized spacial score (nSPS) is 10.2. The lowest BCUT2D eigenvalue weighted by atomic mass is 10.1. The van der Waals surface area contributed by atoms with E-state index in [0.717, 1.165) is 16.9 Å². The number of carbonyl (C=O) groups excluding carboxylic acids is 2. The van der Waals surface area contributed by atoms with Crippen LogP contribution in [0.3, 0.4) is 0 Å². The Morgan fingerprint density at radius 3 is 2.50 bits per heavy atom. The van der Waals surface area contributed by atoms with Crippen LogP contribution in [0.1, 0.15) is 21.5 Å². The van der Waals surface area contributed by atoms with E-state index in [1.54, 1.807) is 25.4 Å². The molecule has 3 aromatic rings. The number of nitrogens with one attached hydrogen (secondary N) is 2. The highest BCUT2D eigenvalue weighted by Gasteiger charge is 2.10. The van der Waals surface area contributed by atoms with E-state index in [9.17, 15) is 9.59 Å². The van der Waals surface area contributed by atoms with E-state index in [2.05, 4.69) is 15.6 Å². The fourth-order valence-electron chi connectivity index (χ4n) is 2.69. The van der Waals surface area contributed by atoms with E-state index < -0.39 is 0 Å². The molecule has 6 heteroatoms. The minimum atomic E-state index is -0.215. The number of benzene rings is 2. The largest absolute Gasteiger partial charge is 0.497 e. The van der Waals surface area contributed by atoms with Crippen LogP contribution in [0.5, 0.6) is 5.75 Å². The van der Waals surface area contributed by atoms with Crippen molar-refractivity contribution in [2.24, 2.45) is 0 Å². The third-order valence-electron chi connectivity index (χ3n) is 4.18. The molecule has 0 unspecified atom stereocenters. The van der Waals surface area contributed by atoms with Gasteiger partial charge in [0.1, 0.15) is 5.75 Å². The molecule has 0 fully saturated rings. The highest BCUT2D eigenvalue weighted by molar-refractivity contribution is 5.94. The molecule has 3 rings (SSSR count). The number of methoxy groups -OCH3 is 1. The lowest BCUT2D eigenvalue weighted by Gasteiger charge is -2.12. The summed E-state index contributed by atoms with van der Waals surface area (Å²) in [7, 11) is 1.60. The lowest BCUT2D eigenvalue weighted by molar-refractivity contribution is -0.115. The van der Waals surface area contributed by atoms with Gasteiger partial charge >= 0.3 is 0 Å². The SMILES string of the molecule is COc1ccc(CC(=O)Nc2ccccc2CNC(=O)c2cccnc2)cc1. The third kappa shape index (κ3) is 5.17. The van der Waals surface area contributed by atoms with Crippen LogP contribution < -0.4 is 15.4 Å². The van der Waals surface area contributed by atoms with Crippen molar-refractivity contribution in [3.63, 3.8) is 0 Å². The van der Waals surface area contributed by atoms with Crippen molar-refractivity contribution in [1.29, 1.82) is 0 Å². The number of carbonyl (C=O) groups is 2. The maximum absolute atomic E-state index is 12.4. The average Bonchev–Trinajstić information content (AvgIpc) is 2.74. The summed E-state index contributed by atoms with van der Waals surface area (Å²) in [6, 6.07) is 18.2. The Morgan fingerprint density at radius 2 is 1.79 bits per heavy atom. The fourth-order valence-corrected chi connectivity index (χ4v) is 2.69. The second-order valence-electron chi connectivity index (χ2n) is 6.15. The molecule has 0 radical (unpaired) electrons. The molecule has 0 aliphatic heterocycles. The van der Waals surface area contributed by atoms with Gasteiger partial charge in [0.2, 0.25) is 5.91 Å². The molecule has 1 heterocycles. The van der Waals surface area contributed by atoms with Gasteiger partial charge in [-0.25, -0.2) is 0 Å². The summed E-state index contributed by atoms with van der Waals surface area (Å²) in [5, 5.41) is 5.76. The molecule has 0 spiro atoms. The number of anilines is 1. The summed E-state index contributed by atoms with van der Waals surface area (Å²) in [5.74, 6) is 0.405. The molecule has 28 heavy (non-hydrogen) atoms. The average molecular weight is 375 g/mol. The molecular formula is C22H21N3O3. The highest BCUT2D eigenvalue weighted by Crippen LogP contribution is 2.17.